The Morgan fingerprint density at radius 1 is 1.00 bits per heavy atom. The Balaban J connectivity index is 1.74. The maximum absolute atomic E-state index is 12.2. The fraction of sp³-hybridized carbons (Fsp3) is 0.263. The number of carbonyl (C=O) groups is 2. The highest BCUT2D eigenvalue weighted by Gasteiger charge is 2.10. The zero-order valence-corrected chi connectivity index (χ0v) is 15.6. The summed E-state index contributed by atoms with van der Waals surface area (Å²) in [5.74, 6) is -0.260. The molecule has 0 aromatic heterocycles. The van der Waals surface area contributed by atoms with E-state index < -0.39 is 0 Å². The van der Waals surface area contributed by atoms with Crippen LogP contribution in [-0.4, -0.2) is 32.0 Å². The maximum atomic E-state index is 12.2. The lowest BCUT2D eigenvalue weighted by Gasteiger charge is -2.10. The predicted octanol–water partition coefficient (Wildman–Crippen LogP) is 3.15. The minimum absolute atomic E-state index is 0.127. The van der Waals surface area contributed by atoms with Crippen LogP contribution in [0.25, 0.3) is 0 Å². The van der Waals surface area contributed by atoms with E-state index in [0.29, 0.717) is 37.2 Å². The van der Waals surface area contributed by atoms with Crippen LogP contribution >= 0.6 is 15.9 Å². The first-order valence-corrected chi connectivity index (χ1v) is 8.80. The number of halogens is 1. The topological polar surface area (TPSA) is 67.4 Å². The van der Waals surface area contributed by atoms with Crippen LogP contribution in [0, 0.1) is 0 Å². The van der Waals surface area contributed by atoms with Crippen LogP contribution in [0.4, 0.5) is 0 Å². The van der Waals surface area contributed by atoms with E-state index in [0.717, 1.165) is 10.0 Å². The van der Waals surface area contributed by atoms with Gasteiger partial charge in [-0.1, -0.05) is 40.2 Å². The van der Waals surface area contributed by atoms with E-state index in [9.17, 15) is 9.59 Å². The Morgan fingerprint density at radius 2 is 1.72 bits per heavy atom. The van der Waals surface area contributed by atoms with Crippen molar-refractivity contribution in [2.24, 2.45) is 0 Å². The summed E-state index contributed by atoms with van der Waals surface area (Å²) in [6, 6.07) is 14.6. The summed E-state index contributed by atoms with van der Waals surface area (Å²) in [5, 5.41) is 5.71. The van der Waals surface area contributed by atoms with Gasteiger partial charge in [0, 0.05) is 35.8 Å². The van der Waals surface area contributed by atoms with E-state index >= 15 is 0 Å². The zero-order valence-electron chi connectivity index (χ0n) is 14.0. The number of hydrogen-bond donors (Lipinski definition) is 2. The molecule has 2 aromatic carbocycles. The third-order valence-corrected chi connectivity index (χ3v) is 4.07. The summed E-state index contributed by atoms with van der Waals surface area (Å²) < 4.78 is 5.97. The van der Waals surface area contributed by atoms with E-state index in [2.05, 4.69) is 26.6 Å². The molecule has 2 aromatic rings. The first kappa shape index (κ1) is 19.1. The number of methoxy groups -OCH3 is 1. The molecule has 0 spiro atoms. The highest BCUT2D eigenvalue weighted by Crippen LogP contribution is 2.11. The molecule has 0 bridgehead atoms. The van der Waals surface area contributed by atoms with Crippen molar-refractivity contribution in [3.63, 3.8) is 0 Å². The van der Waals surface area contributed by atoms with Gasteiger partial charge in [-0.3, -0.25) is 9.59 Å². The molecule has 0 saturated carbocycles. The van der Waals surface area contributed by atoms with Crippen molar-refractivity contribution in [2.75, 3.05) is 20.2 Å². The van der Waals surface area contributed by atoms with Crippen molar-refractivity contribution in [1.82, 2.24) is 10.6 Å². The average molecular weight is 405 g/mol. The third kappa shape index (κ3) is 5.99. The zero-order chi connectivity index (χ0) is 18.1. The smallest absolute Gasteiger partial charge is 0.251 e. The van der Waals surface area contributed by atoms with Gasteiger partial charge in [-0.25, -0.2) is 0 Å². The van der Waals surface area contributed by atoms with Gasteiger partial charge in [-0.2, -0.15) is 0 Å². The normalized spacial score (nSPS) is 10.3. The Hall–Kier alpha value is -2.18. The number of hydrogen-bond acceptors (Lipinski definition) is 3. The van der Waals surface area contributed by atoms with Gasteiger partial charge < -0.3 is 15.4 Å². The molecule has 0 unspecified atom stereocenters. The lowest BCUT2D eigenvalue weighted by atomic mass is 10.1. The van der Waals surface area contributed by atoms with Crippen LogP contribution in [0.3, 0.4) is 0 Å². The Bertz CT molecular complexity index is 734. The van der Waals surface area contributed by atoms with E-state index in [1.807, 2.05) is 30.3 Å². The molecular formula is C19H21BrN2O3. The second-order valence-corrected chi connectivity index (χ2v) is 6.38. The van der Waals surface area contributed by atoms with Crippen LogP contribution in [-0.2, 0) is 11.3 Å². The molecule has 2 amide bonds. The Labute approximate surface area is 155 Å². The fourth-order valence-corrected chi connectivity index (χ4v) is 2.74. The van der Waals surface area contributed by atoms with E-state index in [1.54, 1.807) is 25.3 Å². The number of benzene rings is 2. The van der Waals surface area contributed by atoms with Gasteiger partial charge in [0.2, 0.25) is 0 Å². The SMILES string of the molecule is COCc1ccccc1C(=O)NCCCNC(=O)c1cccc(Br)c1. The van der Waals surface area contributed by atoms with E-state index in [-0.39, 0.29) is 11.8 Å². The average Bonchev–Trinajstić information content (AvgIpc) is 2.62. The van der Waals surface area contributed by atoms with Crippen LogP contribution in [0.1, 0.15) is 32.7 Å². The quantitative estimate of drug-likeness (QED) is 0.664. The summed E-state index contributed by atoms with van der Waals surface area (Å²) in [5.41, 5.74) is 2.07. The van der Waals surface area contributed by atoms with Crippen molar-refractivity contribution in [3.8, 4) is 0 Å². The highest BCUT2D eigenvalue weighted by molar-refractivity contribution is 9.10. The van der Waals surface area contributed by atoms with Gasteiger partial charge in [0.1, 0.15) is 0 Å². The molecule has 0 atom stereocenters. The van der Waals surface area contributed by atoms with Crippen molar-refractivity contribution in [2.45, 2.75) is 13.0 Å². The summed E-state index contributed by atoms with van der Waals surface area (Å²) in [4.78, 5) is 24.2. The Kier molecular flexibility index (Phi) is 7.63. The van der Waals surface area contributed by atoms with Gasteiger partial charge in [0.15, 0.2) is 0 Å². The number of nitrogens with one attached hydrogen (secondary N) is 2. The molecule has 132 valence electrons. The lowest BCUT2D eigenvalue weighted by molar-refractivity contribution is 0.0948. The van der Waals surface area contributed by atoms with E-state index in [1.165, 1.54) is 0 Å². The molecule has 2 rings (SSSR count). The molecule has 0 aliphatic heterocycles. The minimum atomic E-state index is -0.133. The molecule has 0 fully saturated rings. The number of ether oxygens (including phenoxy) is 1. The van der Waals surface area contributed by atoms with Gasteiger partial charge in [-0.15, -0.1) is 0 Å². The molecule has 0 aliphatic carbocycles. The summed E-state index contributed by atoms with van der Waals surface area (Å²) >= 11 is 3.34. The largest absolute Gasteiger partial charge is 0.380 e. The molecule has 0 radical (unpaired) electrons. The summed E-state index contributed by atoms with van der Waals surface area (Å²) in [6.07, 6.45) is 0.651. The second kappa shape index (κ2) is 9.96. The molecule has 5 nitrogen and oxygen atoms in total. The Morgan fingerprint density at radius 3 is 2.44 bits per heavy atom. The number of carbonyl (C=O) groups excluding carboxylic acids is 2. The molecule has 25 heavy (non-hydrogen) atoms. The van der Waals surface area contributed by atoms with E-state index in [4.69, 9.17) is 4.74 Å². The molecule has 2 N–H and O–H groups in total. The molecule has 0 heterocycles. The first-order valence-electron chi connectivity index (χ1n) is 8.00. The lowest BCUT2D eigenvalue weighted by Crippen LogP contribution is -2.30. The standard InChI is InChI=1S/C19H21BrN2O3/c1-25-13-15-6-2-3-9-17(15)19(24)22-11-5-10-21-18(23)14-7-4-8-16(20)12-14/h2-4,6-9,12H,5,10-11,13H2,1H3,(H,21,23)(H,22,24). The predicted molar refractivity (Wildman–Crippen MR) is 101 cm³/mol. The fourth-order valence-electron chi connectivity index (χ4n) is 2.34. The molecule has 0 aliphatic rings. The third-order valence-electron chi connectivity index (χ3n) is 3.57. The highest BCUT2D eigenvalue weighted by atomic mass is 79.9. The maximum Gasteiger partial charge on any atom is 0.251 e. The van der Waals surface area contributed by atoms with Crippen LogP contribution in [0.2, 0.25) is 0 Å². The number of amides is 2. The van der Waals surface area contributed by atoms with Crippen molar-refractivity contribution in [3.05, 3.63) is 69.7 Å². The van der Waals surface area contributed by atoms with Crippen LogP contribution in [0.5, 0.6) is 0 Å². The first-order chi connectivity index (χ1) is 12.1. The van der Waals surface area contributed by atoms with Crippen LogP contribution in [0.15, 0.2) is 53.0 Å². The second-order valence-electron chi connectivity index (χ2n) is 5.47. The molecule has 0 saturated heterocycles. The van der Waals surface area contributed by atoms with Crippen molar-refractivity contribution in [1.29, 1.82) is 0 Å². The minimum Gasteiger partial charge on any atom is -0.380 e. The van der Waals surface area contributed by atoms with Crippen molar-refractivity contribution >= 4 is 27.7 Å². The van der Waals surface area contributed by atoms with Gasteiger partial charge in [0.05, 0.1) is 6.61 Å². The summed E-state index contributed by atoms with van der Waals surface area (Å²) in [6.45, 7) is 1.37. The van der Waals surface area contributed by atoms with Gasteiger partial charge >= 0.3 is 0 Å². The van der Waals surface area contributed by atoms with Crippen molar-refractivity contribution < 1.29 is 14.3 Å². The van der Waals surface area contributed by atoms with Crippen LogP contribution < -0.4 is 10.6 Å². The molecule has 6 heteroatoms. The number of rotatable bonds is 8. The van der Waals surface area contributed by atoms with Gasteiger partial charge in [-0.05, 0) is 36.2 Å². The summed E-state index contributed by atoms with van der Waals surface area (Å²) in [7, 11) is 1.60. The molecular weight excluding hydrogens is 384 g/mol. The van der Waals surface area contributed by atoms with Gasteiger partial charge in [0.25, 0.3) is 11.8 Å². The monoisotopic (exact) mass is 404 g/mol.